The normalized spacial score (nSPS) is 32.4. The van der Waals surface area contributed by atoms with Gasteiger partial charge in [0.25, 0.3) is 5.91 Å². The minimum atomic E-state index is -3.95. The van der Waals surface area contributed by atoms with Crippen LogP contribution in [0, 0.1) is 17.8 Å². The van der Waals surface area contributed by atoms with Crippen LogP contribution in [0.15, 0.2) is 48.6 Å². The standard InChI is InChI=1S/C42H59ClN4O6S/c1-30-7-5-15-41(3,53-24-22-46-19-17-45(18-20-46)21-23-51-4)36-12-9-34(36)27-47-28-42(16-6-8-32-25-35(43)11-13-37(32)42)29-52-39-14-10-33(26-38(39)47)40(48)44-54(49,50)31(30)2/h5,10-11,13-15,25-26,30-31,34,36H,6-9,12,16-24,27-29H2,1-4H3,(H,44,48)/b15-5-/t30-,31+,34-,36+,41-,42-/m0/s1. The molecule has 0 aromatic heterocycles. The molecule has 0 unspecified atom stereocenters. The minimum Gasteiger partial charge on any atom is -0.490 e. The molecule has 1 N–H and O–H groups in total. The minimum absolute atomic E-state index is 0.212. The molecule has 3 heterocycles. The first-order valence-electron chi connectivity index (χ1n) is 20.0. The number of carbonyl (C=O) groups excluding carboxylic acids is 1. The fourth-order valence-electron chi connectivity index (χ4n) is 9.51. The van der Waals surface area contributed by atoms with E-state index in [1.807, 2.05) is 25.1 Å². The third-order valence-electron chi connectivity index (χ3n) is 13.3. The number of ether oxygens (including phenoxy) is 3. The fourth-order valence-corrected chi connectivity index (χ4v) is 11.0. The van der Waals surface area contributed by atoms with E-state index in [0.717, 1.165) is 102 Å². The van der Waals surface area contributed by atoms with E-state index in [1.165, 1.54) is 11.1 Å². The Kier molecular flexibility index (Phi) is 12.0. The van der Waals surface area contributed by atoms with Crippen molar-refractivity contribution in [2.24, 2.45) is 17.8 Å². The largest absolute Gasteiger partial charge is 0.490 e. The number of aryl methyl sites for hydroxylation is 1. The van der Waals surface area contributed by atoms with Gasteiger partial charge in [-0.25, -0.2) is 13.1 Å². The van der Waals surface area contributed by atoms with Crippen LogP contribution in [0.2, 0.25) is 5.02 Å². The zero-order valence-corrected chi connectivity index (χ0v) is 34.1. The Balaban J connectivity index is 1.19. The molecule has 2 aromatic rings. The molecule has 0 radical (unpaired) electrons. The fraction of sp³-hybridized carbons (Fsp3) is 0.643. The van der Waals surface area contributed by atoms with E-state index in [1.54, 1.807) is 20.1 Å². The molecule has 7 rings (SSSR count). The number of hydrogen-bond donors (Lipinski definition) is 1. The van der Waals surface area contributed by atoms with Crippen LogP contribution in [0.25, 0.3) is 0 Å². The van der Waals surface area contributed by atoms with Crippen LogP contribution in [0.4, 0.5) is 5.69 Å². The number of sulfonamides is 1. The highest BCUT2D eigenvalue weighted by molar-refractivity contribution is 7.90. The van der Waals surface area contributed by atoms with Crippen molar-refractivity contribution in [3.63, 3.8) is 0 Å². The average Bonchev–Trinajstić information content (AvgIpc) is 3.28. The van der Waals surface area contributed by atoms with Crippen molar-refractivity contribution >= 4 is 33.2 Å². The van der Waals surface area contributed by atoms with Crippen molar-refractivity contribution in [1.82, 2.24) is 14.5 Å². The zero-order chi connectivity index (χ0) is 38.1. The van der Waals surface area contributed by atoms with Crippen LogP contribution < -0.4 is 14.4 Å². The predicted molar refractivity (Wildman–Crippen MR) is 214 cm³/mol. The van der Waals surface area contributed by atoms with Gasteiger partial charge in [0, 0.05) is 75.5 Å². The van der Waals surface area contributed by atoms with Gasteiger partial charge < -0.3 is 19.1 Å². The Hall–Kier alpha value is -2.67. The number of methoxy groups -OCH3 is 1. The van der Waals surface area contributed by atoms with E-state index < -0.39 is 26.8 Å². The molecule has 1 spiro atoms. The topological polar surface area (TPSA) is 101 Å². The van der Waals surface area contributed by atoms with E-state index in [2.05, 4.69) is 50.6 Å². The van der Waals surface area contributed by atoms with Crippen molar-refractivity contribution in [3.05, 3.63) is 70.3 Å². The molecule has 1 amide bonds. The molecule has 2 aliphatic carbocycles. The van der Waals surface area contributed by atoms with E-state index in [0.29, 0.717) is 36.9 Å². The van der Waals surface area contributed by atoms with Crippen LogP contribution >= 0.6 is 11.6 Å². The van der Waals surface area contributed by atoms with Crippen molar-refractivity contribution in [2.75, 3.05) is 84.2 Å². The molecule has 2 bridgehead atoms. The van der Waals surface area contributed by atoms with E-state index in [4.69, 9.17) is 25.8 Å². The highest BCUT2D eigenvalue weighted by atomic mass is 35.5. The quantitative estimate of drug-likeness (QED) is 0.343. The Morgan fingerprint density at radius 1 is 1.02 bits per heavy atom. The summed E-state index contributed by atoms with van der Waals surface area (Å²) in [6, 6.07) is 11.6. The van der Waals surface area contributed by atoms with Gasteiger partial charge in [-0.3, -0.25) is 14.6 Å². The van der Waals surface area contributed by atoms with Crippen LogP contribution in [0.3, 0.4) is 0 Å². The second-order valence-corrected chi connectivity index (χ2v) is 19.2. The van der Waals surface area contributed by atoms with Gasteiger partial charge in [0.05, 0.1) is 36.4 Å². The van der Waals surface area contributed by atoms with E-state index in [-0.39, 0.29) is 17.3 Å². The molecule has 6 atom stereocenters. The first-order chi connectivity index (χ1) is 25.9. The van der Waals surface area contributed by atoms with Gasteiger partial charge in [0.15, 0.2) is 0 Å². The summed E-state index contributed by atoms with van der Waals surface area (Å²) in [6.45, 7) is 15.2. The molecule has 1 saturated heterocycles. The molecule has 5 aliphatic rings. The van der Waals surface area contributed by atoms with Gasteiger partial charge in [0.2, 0.25) is 10.0 Å². The molecule has 54 heavy (non-hydrogen) atoms. The molecular formula is C42H59ClN4O6S. The number of amides is 1. The summed E-state index contributed by atoms with van der Waals surface area (Å²) in [5.41, 5.74) is 2.92. The SMILES string of the molecule is COCCN1CCN(CCO[C@@]2(C)/C=C\C[C@H](C)[C@@H](C)S(=O)(=O)NC(=O)c3ccc4c(c3)N(C[C@@H]3CC[C@H]32)C[C@@]2(CCCc3cc(Cl)ccc32)CO4)CC1. The van der Waals surface area contributed by atoms with E-state index >= 15 is 0 Å². The summed E-state index contributed by atoms with van der Waals surface area (Å²) < 4.78 is 48.5. The van der Waals surface area contributed by atoms with Gasteiger partial charge in [-0.2, -0.15) is 0 Å². The summed E-state index contributed by atoms with van der Waals surface area (Å²) in [5.74, 6) is 0.511. The first kappa shape index (κ1) is 39.6. The smallest absolute Gasteiger partial charge is 0.264 e. The number of halogens is 1. The lowest BCUT2D eigenvalue weighted by atomic mass is 9.64. The number of piperazine rings is 1. The summed E-state index contributed by atoms with van der Waals surface area (Å²) in [6.07, 6.45) is 10.0. The number of allylic oxidation sites excluding steroid dienone is 1. The lowest BCUT2D eigenvalue weighted by Gasteiger charge is -2.50. The number of carbonyl (C=O) groups is 1. The molecule has 2 fully saturated rings. The van der Waals surface area contributed by atoms with Gasteiger partial charge >= 0.3 is 0 Å². The molecule has 296 valence electrons. The predicted octanol–water partition coefficient (Wildman–Crippen LogP) is 5.92. The van der Waals surface area contributed by atoms with Gasteiger partial charge in [-0.05, 0) is 112 Å². The van der Waals surface area contributed by atoms with E-state index in [9.17, 15) is 13.2 Å². The molecule has 10 nitrogen and oxygen atoms in total. The number of fused-ring (bicyclic) bond motifs is 4. The second kappa shape index (κ2) is 16.4. The van der Waals surface area contributed by atoms with Crippen molar-refractivity contribution in [2.45, 2.75) is 75.6 Å². The zero-order valence-electron chi connectivity index (χ0n) is 32.5. The molecule has 2 aromatic carbocycles. The molecule has 3 aliphatic heterocycles. The number of nitrogens with zero attached hydrogens (tertiary/aromatic N) is 3. The van der Waals surface area contributed by atoms with Gasteiger partial charge in [0.1, 0.15) is 5.75 Å². The van der Waals surface area contributed by atoms with Crippen LogP contribution in [-0.4, -0.2) is 114 Å². The van der Waals surface area contributed by atoms with Gasteiger partial charge in [-0.15, -0.1) is 0 Å². The lowest BCUT2D eigenvalue weighted by molar-refractivity contribution is -0.0917. The van der Waals surface area contributed by atoms with Crippen molar-refractivity contribution in [1.29, 1.82) is 0 Å². The summed E-state index contributed by atoms with van der Waals surface area (Å²) in [4.78, 5) is 21.0. The molecule has 1 saturated carbocycles. The number of rotatable bonds is 7. The van der Waals surface area contributed by atoms with Crippen LogP contribution in [-0.2, 0) is 31.3 Å². The first-order valence-corrected chi connectivity index (χ1v) is 21.9. The lowest BCUT2D eigenvalue weighted by Crippen LogP contribution is -2.53. The molecular weight excluding hydrogens is 724 g/mol. The third-order valence-corrected chi connectivity index (χ3v) is 15.4. The Bertz CT molecular complexity index is 1800. The maximum Gasteiger partial charge on any atom is 0.264 e. The number of nitrogens with one attached hydrogen (secondary N) is 1. The Morgan fingerprint density at radius 2 is 1.78 bits per heavy atom. The summed E-state index contributed by atoms with van der Waals surface area (Å²) in [7, 11) is -2.19. The molecule has 12 heteroatoms. The average molecular weight is 783 g/mol. The maximum absolute atomic E-state index is 13.6. The maximum atomic E-state index is 13.6. The van der Waals surface area contributed by atoms with Crippen molar-refractivity contribution in [3.8, 4) is 5.75 Å². The Labute approximate surface area is 327 Å². The summed E-state index contributed by atoms with van der Waals surface area (Å²) in [5, 5.41) is -0.0254. The Morgan fingerprint density at radius 3 is 2.50 bits per heavy atom. The highest BCUT2D eigenvalue weighted by Crippen LogP contribution is 2.49. The monoisotopic (exact) mass is 782 g/mol. The highest BCUT2D eigenvalue weighted by Gasteiger charge is 2.47. The second-order valence-electron chi connectivity index (χ2n) is 16.7. The van der Waals surface area contributed by atoms with Gasteiger partial charge in [-0.1, -0.05) is 36.7 Å². The number of benzene rings is 2. The number of hydrogen-bond acceptors (Lipinski definition) is 9. The van der Waals surface area contributed by atoms with Crippen LogP contribution in [0.1, 0.15) is 74.4 Å². The summed E-state index contributed by atoms with van der Waals surface area (Å²) >= 11 is 6.50. The van der Waals surface area contributed by atoms with Crippen molar-refractivity contribution < 1.29 is 27.4 Å². The number of anilines is 1. The third kappa shape index (κ3) is 8.37. The van der Waals surface area contributed by atoms with Crippen LogP contribution in [0.5, 0.6) is 5.75 Å².